The lowest BCUT2D eigenvalue weighted by atomic mass is 9.82. The van der Waals surface area contributed by atoms with Crippen molar-refractivity contribution in [3.63, 3.8) is 0 Å². The van der Waals surface area contributed by atoms with E-state index in [9.17, 15) is 4.79 Å². The van der Waals surface area contributed by atoms with Crippen LogP contribution in [-0.2, 0) is 21.8 Å². The molecule has 0 amide bonds. The van der Waals surface area contributed by atoms with Gasteiger partial charge in [0.1, 0.15) is 12.0 Å². The Morgan fingerprint density at radius 3 is 2.69 bits per heavy atom. The minimum Gasteiger partial charge on any atom is -0.443 e. The minimum absolute atomic E-state index is 0.106. The van der Waals surface area contributed by atoms with E-state index in [0.29, 0.717) is 18.0 Å². The number of carbonyl (C=O) groups excluding carboxylic acids is 1. The number of ether oxygens (including phenoxy) is 1. The number of esters is 1. The van der Waals surface area contributed by atoms with Gasteiger partial charge in [-0.25, -0.2) is 9.97 Å². The topological polar surface area (TPSA) is 98.7 Å². The largest absolute Gasteiger partial charge is 0.443 e. The van der Waals surface area contributed by atoms with Crippen LogP contribution in [-0.4, -0.2) is 36.5 Å². The fourth-order valence-corrected chi connectivity index (χ4v) is 4.61. The molecule has 0 aliphatic heterocycles. The van der Waals surface area contributed by atoms with Gasteiger partial charge in [-0.15, -0.1) is 0 Å². The molecule has 0 aromatic carbocycles. The van der Waals surface area contributed by atoms with Gasteiger partial charge in [-0.3, -0.25) is 14.0 Å². The second-order valence-electron chi connectivity index (χ2n) is 9.98. The van der Waals surface area contributed by atoms with E-state index in [4.69, 9.17) is 15.2 Å². The minimum atomic E-state index is -0.555. The molecule has 0 bridgehead atoms. The zero-order chi connectivity index (χ0) is 22.9. The third-order valence-electron chi connectivity index (χ3n) is 6.63. The van der Waals surface area contributed by atoms with Gasteiger partial charge in [-0.05, 0) is 58.7 Å². The first-order chi connectivity index (χ1) is 15.2. The average Bonchev–Trinajstić information content (AvgIpc) is 3.52. The lowest BCUT2D eigenvalue weighted by Gasteiger charge is -2.35. The van der Waals surface area contributed by atoms with Gasteiger partial charge in [0, 0.05) is 29.8 Å². The maximum absolute atomic E-state index is 12.1. The van der Waals surface area contributed by atoms with Crippen molar-refractivity contribution in [2.45, 2.75) is 72.1 Å². The molecule has 3 aromatic heterocycles. The van der Waals surface area contributed by atoms with Crippen molar-refractivity contribution < 1.29 is 9.53 Å². The third-order valence-corrected chi connectivity index (χ3v) is 6.63. The van der Waals surface area contributed by atoms with Gasteiger partial charge >= 0.3 is 5.97 Å². The molecule has 32 heavy (non-hydrogen) atoms. The Balaban J connectivity index is 1.63. The predicted molar refractivity (Wildman–Crippen MR) is 123 cm³/mol. The number of rotatable bonds is 7. The summed E-state index contributed by atoms with van der Waals surface area (Å²) in [6.45, 7) is 7.81. The molecular formula is C24H32N6O2. The van der Waals surface area contributed by atoms with Crippen LogP contribution in [0.5, 0.6) is 0 Å². The van der Waals surface area contributed by atoms with E-state index in [1.807, 2.05) is 54.7 Å². The second kappa shape index (κ2) is 8.48. The van der Waals surface area contributed by atoms with E-state index in [0.717, 1.165) is 16.6 Å². The van der Waals surface area contributed by atoms with Crippen LogP contribution in [0, 0.1) is 16.7 Å². The lowest BCUT2D eigenvalue weighted by Crippen LogP contribution is -2.38. The summed E-state index contributed by atoms with van der Waals surface area (Å²) < 4.78 is 9.30. The van der Waals surface area contributed by atoms with Gasteiger partial charge in [0.2, 0.25) is 0 Å². The summed E-state index contributed by atoms with van der Waals surface area (Å²) in [6, 6.07) is 1.95. The van der Waals surface area contributed by atoms with Gasteiger partial charge in [0.05, 0.1) is 22.8 Å². The first-order valence-corrected chi connectivity index (χ1v) is 11.3. The quantitative estimate of drug-likeness (QED) is 0.424. The summed E-state index contributed by atoms with van der Waals surface area (Å²) in [6.07, 6.45) is 14.3. The Morgan fingerprint density at radius 1 is 1.25 bits per heavy atom. The SMILES string of the molecule is CC(C)(C)C(=O)OCn1ccc2c(-c3cnn(C(C)(CC=N)C4CCCC4)c3)ncnc21. The van der Waals surface area contributed by atoms with Gasteiger partial charge in [-0.2, -0.15) is 5.10 Å². The van der Waals surface area contributed by atoms with E-state index in [1.54, 1.807) is 0 Å². The van der Waals surface area contributed by atoms with Crippen LogP contribution in [0.1, 0.15) is 59.8 Å². The number of nitrogens with zero attached hydrogens (tertiary/aromatic N) is 5. The summed E-state index contributed by atoms with van der Waals surface area (Å²) in [5, 5.41) is 13.3. The smallest absolute Gasteiger partial charge is 0.312 e. The maximum atomic E-state index is 12.1. The Labute approximate surface area is 188 Å². The van der Waals surface area contributed by atoms with Crippen molar-refractivity contribution in [3.8, 4) is 11.3 Å². The molecule has 1 atom stereocenters. The van der Waals surface area contributed by atoms with Crippen LogP contribution < -0.4 is 0 Å². The molecule has 3 heterocycles. The zero-order valence-corrected chi connectivity index (χ0v) is 19.3. The normalized spacial score (nSPS) is 16.9. The first kappa shape index (κ1) is 22.2. The molecule has 1 unspecified atom stereocenters. The van der Waals surface area contributed by atoms with Crippen molar-refractivity contribution in [2.24, 2.45) is 11.3 Å². The maximum Gasteiger partial charge on any atom is 0.312 e. The highest BCUT2D eigenvalue weighted by atomic mass is 16.5. The van der Waals surface area contributed by atoms with Crippen molar-refractivity contribution in [2.75, 3.05) is 0 Å². The van der Waals surface area contributed by atoms with Crippen molar-refractivity contribution in [1.29, 1.82) is 5.41 Å². The number of hydrogen-bond acceptors (Lipinski definition) is 6. The molecule has 170 valence electrons. The Bertz CT molecular complexity index is 1120. The van der Waals surface area contributed by atoms with Crippen molar-refractivity contribution in [3.05, 3.63) is 31.0 Å². The highest BCUT2D eigenvalue weighted by Gasteiger charge is 2.37. The van der Waals surface area contributed by atoms with Crippen LogP contribution >= 0.6 is 0 Å². The summed E-state index contributed by atoms with van der Waals surface area (Å²) in [7, 11) is 0. The molecule has 0 radical (unpaired) electrons. The molecule has 1 aliphatic rings. The van der Waals surface area contributed by atoms with E-state index in [1.165, 1.54) is 38.2 Å². The van der Waals surface area contributed by atoms with Crippen LogP contribution in [0.4, 0.5) is 0 Å². The highest BCUT2D eigenvalue weighted by molar-refractivity contribution is 5.90. The number of fused-ring (bicyclic) bond motifs is 1. The van der Waals surface area contributed by atoms with Crippen LogP contribution in [0.3, 0.4) is 0 Å². The second-order valence-corrected chi connectivity index (χ2v) is 9.98. The molecule has 1 saturated carbocycles. The van der Waals surface area contributed by atoms with Crippen LogP contribution in [0.2, 0.25) is 0 Å². The lowest BCUT2D eigenvalue weighted by molar-refractivity contribution is -0.156. The Kier molecular flexibility index (Phi) is 5.88. The number of nitrogens with one attached hydrogen (secondary N) is 1. The zero-order valence-electron chi connectivity index (χ0n) is 19.3. The standard InChI is InChI=1S/C24H32N6O2/c1-23(2,3)22(31)32-16-29-12-9-19-20(26-15-27-21(19)29)17-13-28-30(14-17)24(4,10-11-25)18-7-5-6-8-18/h9,11-15,18,25H,5-8,10,16H2,1-4H3. The molecule has 8 heteroatoms. The van der Waals surface area contributed by atoms with Gasteiger partial charge in [0.25, 0.3) is 0 Å². The molecule has 1 fully saturated rings. The highest BCUT2D eigenvalue weighted by Crippen LogP contribution is 2.41. The summed E-state index contributed by atoms with van der Waals surface area (Å²) in [5.74, 6) is 0.258. The van der Waals surface area contributed by atoms with E-state index < -0.39 is 5.41 Å². The third kappa shape index (κ3) is 4.06. The number of aromatic nitrogens is 5. The van der Waals surface area contributed by atoms with E-state index in [2.05, 4.69) is 16.9 Å². The van der Waals surface area contributed by atoms with Crippen LogP contribution in [0.25, 0.3) is 22.3 Å². The van der Waals surface area contributed by atoms with E-state index >= 15 is 0 Å². The van der Waals surface area contributed by atoms with Gasteiger partial charge in [0.15, 0.2) is 6.73 Å². The van der Waals surface area contributed by atoms with E-state index in [-0.39, 0.29) is 18.2 Å². The van der Waals surface area contributed by atoms with Gasteiger partial charge < -0.3 is 10.1 Å². The van der Waals surface area contributed by atoms with Crippen molar-refractivity contribution in [1.82, 2.24) is 24.3 Å². The fraction of sp³-hybridized carbons (Fsp3) is 0.542. The molecule has 0 saturated heterocycles. The van der Waals surface area contributed by atoms with Crippen molar-refractivity contribution >= 4 is 23.2 Å². The molecule has 1 N–H and O–H groups in total. The molecule has 0 spiro atoms. The monoisotopic (exact) mass is 436 g/mol. The summed E-state index contributed by atoms with van der Waals surface area (Å²) in [5.41, 5.74) is 1.65. The number of hydrogen-bond donors (Lipinski definition) is 1. The Morgan fingerprint density at radius 2 is 2.00 bits per heavy atom. The predicted octanol–water partition coefficient (Wildman–Crippen LogP) is 4.79. The molecule has 1 aliphatic carbocycles. The number of carbonyl (C=O) groups is 1. The molecule has 8 nitrogen and oxygen atoms in total. The van der Waals surface area contributed by atoms with Gasteiger partial charge in [-0.1, -0.05) is 12.8 Å². The first-order valence-electron chi connectivity index (χ1n) is 11.3. The Hall–Kier alpha value is -3.03. The molecule has 4 rings (SSSR count). The summed E-state index contributed by atoms with van der Waals surface area (Å²) in [4.78, 5) is 21.1. The molecular weight excluding hydrogens is 404 g/mol. The average molecular weight is 437 g/mol. The summed E-state index contributed by atoms with van der Waals surface area (Å²) >= 11 is 0. The van der Waals surface area contributed by atoms with Crippen LogP contribution in [0.15, 0.2) is 31.0 Å². The molecule has 3 aromatic rings. The fourth-order valence-electron chi connectivity index (χ4n) is 4.61.